The van der Waals surface area contributed by atoms with Gasteiger partial charge in [-0.05, 0) is 31.2 Å². The second-order valence-corrected chi connectivity index (χ2v) is 7.24. The molecule has 0 aliphatic carbocycles. The molecule has 0 aromatic heterocycles. The molecule has 7 heteroatoms. The van der Waals surface area contributed by atoms with Gasteiger partial charge in [-0.25, -0.2) is 5.09 Å². The van der Waals surface area contributed by atoms with Crippen molar-refractivity contribution in [3.8, 4) is 5.75 Å². The topological polar surface area (TPSA) is 64.6 Å². The third-order valence-corrected chi connectivity index (χ3v) is 5.08. The molecule has 0 radical (unpaired) electrons. The van der Waals surface area contributed by atoms with Crippen molar-refractivity contribution >= 4 is 29.4 Å². The number of rotatable bonds is 6. The van der Waals surface area contributed by atoms with Crippen LogP contribution >= 0.6 is 23.4 Å². The molecule has 2 unspecified atom stereocenters. The van der Waals surface area contributed by atoms with Crippen molar-refractivity contribution in [2.45, 2.75) is 19.9 Å². The fourth-order valence-corrected chi connectivity index (χ4v) is 3.16. The van der Waals surface area contributed by atoms with E-state index in [0.717, 1.165) is 4.47 Å². The van der Waals surface area contributed by atoms with Crippen LogP contribution in [-0.4, -0.2) is 25.3 Å². The third-order valence-electron chi connectivity index (χ3n) is 2.43. The Kier molecular flexibility index (Phi) is 6.04. The Bertz CT molecular complexity index is 477. The monoisotopic (exact) mass is 349 g/mol. The first-order valence-corrected chi connectivity index (χ1v) is 8.40. The standard InChI is InChI=1S/C12H17BrNO4P/c1-4-19(16,14-9(2)12(15)17-3)18-11-7-5-10(13)6-8-11/h5-9H,4H2,1-3H3,(H,14,16). The normalized spacial score (nSPS) is 15.4. The number of halogens is 1. The number of ether oxygens (including phenoxy) is 1. The second-order valence-electron chi connectivity index (χ2n) is 3.91. The minimum atomic E-state index is -3.13. The first-order chi connectivity index (χ1) is 8.90. The van der Waals surface area contributed by atoms with Crippen molar-refractivity contribution in [2.75, 3.05) is 13.3 Å². The van der Waals surface area contributed by atoms with Crippen molar-refractivity contribution < 1.29 is 18.6 Å². The maximum atomic E-state index is 12.5. The van der Waals surface area contributed by atoms with Gasteiger partial charge in [-0.3, -0.25) is 9.36 Å². The van der Waals surface area contributed by atoms with Crippen LogP contribution in [0.2, 0.25) is 0 Å². The van der Waals surface area contributed by atoms with E-state index in [9.17, 15) is 9.36 Å². The summed E-state index contributed by atoms with van der Waals surface area (Å²) < 4.78 is 23.5. The predicted octanol–water partition coefficient (Wildman–Crippen LogP) is 3.19. The minimum absolute atomic E-state index is 0.268. The van der Waals surface area contributed by atoms with E-state index >= 15 is 0 Å². The van der Waals surface area contributed by atoms with Crippen LogP contribution in [-0.2, 0) is 14.1 Å². The molecule has 0 bridgehead atoms. The highest BCUT2D eigenvalue weighted by Gasteiger charge is 2.28. The Morgan fingerprint density at radius 1 is 1.42 bits per heavy atom. The molecule has 0 spiro atoms. The number of carbonyl (C=O) groups excluding carboxylic acids is 1. The smallest absolute Gasteiger partial charge is 0.323 e. The second kappa shape index (κ2) is 7.08. The van der Waals surface area contributed by atoms with Crippen LogP contribution in [0.5, 0.6) is 5.75 Å². The van der Waals surface area contributed by atoms with Crippen LogP contribution in [0.3, 0.4) is 0 Å². The number of esters is 1. The summed E-state index contributed by atoms with van der Waals surface area (Å²) in [4.78, 5) is 11.3. The maximum absolute atomic E-state index is 12.5. The third kappa shape index (κ3) is 4.97. The quantitative estimate of drug-likeness (QED) is 0.631. The molecular formula is C12H17BrNO4P. The minimum Gasteiger partial charge on any atom is -0.468 e. The van der Waals surface area contributed by atoms with E-state index in [1.165, 1.54) is 7.11 Å². The van der Waals surface area contributed by atoms with Gasteiger partial charge >= 0.3 is 13.5 Å². The first-order valence-electron chi connectivity index (χ1n) is 5.80. The fourth-order valence-electron chi connectivity index (χ4n) is 1.37. The summed E-state index contributed by atoms with van der Waals surface area (Å²) >= 11 is 3.31. The molecule has 0 fully saturated rings. The summed E-state index contributed by atoms with van der Waals surface area (Å²) in [6.45, 7) is 3.32. The molecule has 106 valence electrons. The van der Waals surface area contributed by atoms with Crippen LogP contribution < -0.4 is 9.61 Å². The van der Waals surface area contributed by atoms with Crippen LogP contribution in [0, 0.1) is 0 Å². The lowest BCUT2D eigenvalue weighted by atomic mass is 10.3. The first kappa shape index (κ1) is 16.2. The van der Waals surface area contributed by atoms with E-state index in [1.807, 2.05) is 0 Å². The van der Waals surface area contributed by atoms with Gasteiger partial charge in [0.2, 0.25) is 0 Å². The molecule has 0 aliphatic rings. The van der Waals surface area contributed by atoms with Gasteiger partial charge in [-0.2, -0.15) is 0 Å². The molecule has 0 heterocycles. The van der Waals surface area contributed by atoms with E-state index in [2.05, 4.69) is 25.8 Å². The summed E-state index contributed by atoms with van der Waals surface area (Å²) in [5, 5.41) is 2.70. The van der Waals surface area contributed by atoms with Gasteiger partial charge < -0.3 is 9.26 Å². The van der Waals surface area contributed by atoms with Crippen LogP contribution in [0.25, 0.3) is 0 Å². The lowest BCUT2D eigenvalue weighted by molar-refractivity contribution is -0.142. The maximum Gasteiger partial charge on any atom is 0.323 e. The van der Waals surface area contributed by atoms with E-state index in [1.54, 1.807) is 38.1 Å². The molecule has 0 saturated heterocycles. The SMILES string of the molecule is CCP(=O)(NC(C)C(=O)OC)Oc1ccc(Br)cc1. The van der Waals surface area contributed by atoms with Gasteiger partial charge in [0.25, 0.3) is 0 Å². The molecule has 2 atom stereocenters. The zero-order valence-electron chi connectivity index (χ0n) is 11.1. The number of benzene rings is 1. The average Bonchev–Trinajstić information content (AvgIpc) is 2.40. The molecule has 0 amide bonds. The lowest BCUT2D eigenvalue weighted by Crippen LogP contribution is -2.34. The molecule has 1 aromatic carbocycles. The lowest BCUT2D eigenvalue weighted by Gasteiger charge is -2.22. The Balaban J connectivity index is 2.77. The van der Waals surface area contributed by atoms with Crippen molar-refractivity contribution in [3.63, 3.8) is 0 Å². The fraction of sp³-hybridized carbons (Fsp3) is 0.417. The van der Waals surface area contributed by atoms with Gasteiger partial charge in [-0.15, -0.1) is 0 Å². The number of carbonyl (C=O) groups is 1. The largest absolute Gasteiger partial charge is 0.468 e. The van der Waals surface area contributed by atoms with Crippen molar-refractivity contribution in [1.29, 1.82) is 0 Å². The Hall–Kier alpha value is -0.840. The number of hydrogen-bond acceptors (Lipinski definition) is 4. The molecular weight excluding hydrogens is 333 g/mol. The predicted molar refractivity (Wildman–Crippen MR) is 77.5 cm³/mol. The van der Waals surface area contributed by atoms with Crippen molar-refractivity contribution in [2.24, 2.45) is 0 Å². The van der Waals surface area contributed by atoms with Crippen LogP contribution in [0.1, 0.15) is 13.8 Å². The van der Waals surface area contributed by atoms with Crippen molar-refractivity contribution in [1.82, 2.24) is 5.09 Å². The van der Waals surface area contributed by atoms with Gasteiger partial charge in [0.05, 0.1) is 7.11 Å². The summed E-state index contributed by atoms with van der Waals surface area (Å²) in [7, 11) is -1.84. The van der Waals surface area contributed by atoms with E-state index in [-0.39, 0.29) is 6.16 Å². The van der Waals surface area contributed by atoms with E-state index in [4.69, 9.17) is 4.52 Å². The van der Waals surface area contributed by atoms with Gasteiger partial charge in [0.1, 0.15) is 11.8 Å². The van der Waals surface area contributed by atoms with E-state index in [0.29, 0.717) is 5.75 Å². The van der Waals surface area contributed by atoms with Gasteiger partial charge in [0.15, 0.2) is 0 Å². The van der Waals surface area contributed by atoms with Gasteiger partial charge in [-0.1, -0.05) is 22.9 Å². The van der Waals surface area contributed by atoms with Crippen LogP contribution in [0.4, 0.5) is 0 Å². The number of nitrogens with one attached hydrogen (secondary N) is 1. The van der Waals surface area contributed by atoms with E-state index < -0.39 is 19.5 Å². The summed E-state index contributed by atoms with van der Waals surface area (Å²) in [6, 6.07) is 6.30. The summed E-state index contributed by atoms with van der Waals surface area (Å²) in [5.41, 5.74) is 0. The Labute approximate surface area is 121 Å². The molecule has 1 N–H and O–H groups in total. The molecule has 1 aromatic rings. The highest BCUT2D eigenvalue weighted by Crippen LogP contribution is 2.43. The Morgan fingerprint density at radius 3 is 2.47 bits per heavy atom. The molecule has 19 heavy (non-hydrogen) atoms. The zero-order chi connectivity index (χ0) is 14.5. The molecule has 5 nitrogen and oxygen atoms in total. The van der Waals surface area contributed by atoms with Crippen molar-refractivity contribution in [3.05, 3.63) is 28.7 Å². The molecule has 0 saturated carbocycles. The highest BCUT2D eigenvalue weighted by molar-refractivity contribution is 9.10. The molecule has 0 aliphatic heterocycles. The average molecular weight is 350 g/mol. The van der Waals surface area contributed by atoms with Crippen LogP contribution in [0.15, 0.2) is 28.7 Å². The number of hydrogen-bond donors (Lipinski definition) is 1. The summed E-state index contributed by atoms with van der Waals surface area (Å²) in [5.74, 6) is 0.00558. The molecule has 1 rings (SSSR count). The zero-order valence-corrected chi connectivity index (χ0v) is 13.5. The number of methoxy groups -OCH3 is 1. The Morgan fingerprint density at radius 2 is 2.00 bits per heavy atom. The van der Waals surface area contributed by atoms with Gasteiger partial charge in [0, 0.05) is 10.6 Å². The summed E-state index contributed by atoms with van der Waals surface area (Å²) in [6.07, 6.45) is 0.268. The highest BCUT2D eigenvalue weighted by atomic mass is 79.9.